The lowest BCUT2D eigenvalue weighted by Crippen LogP contribution is -2.36. The van der Waals surface area contributed by atoms with Gasteiger partial charge in [0.05, 0.1) is 35.1 Å². The van der Waals surface area contributed by atoms with Crippen LogP contribution in [0, 0.1) is 6.92 Å². The molecule has 182 valence electrons. The lowest BCUT2D eigenvalue weighted by molar-refractivity contribution is -0.131. The van der Waals surface area contributed by atoms with Crippen LogP contribution in [0.3, 0.4) is 0 Å². The number of halogens is 1. The zero-order chi connectivity index (χ0) is 25.1. The number of nitrogens with zero attached hydrogens (tertiary/aromatic N) is 2. The molecule has 0 saturated heterocycles. The van der Waals surface area contributed by atoms with Crippen molar-refractivity contribution in [1.29, 1.82) is 0 Å². The predicted octanol–water partition coefficient (Wildman–Crippen LogP) is 2.25. The number of nitrogens with one attached hydrogen (secondary N) is 1. The van der Waals surface area contributed by atoms with Gasteiger partial charge in [-0.15, -0.1) is 0 Å². The molecule has 2 aromatic heterocycles. The van der Waals surface area contributed by atoms with Crippen molar-refractivity contribution < 1.29 is 24.5 Å². The lowest BCUT2D eigenvalue weighted by Gasteiger charge is -2.15. The molecule has 3 aromatic rings. The van der Waals surface area contributed by atoms with Crippen LogP contribution in [-0.2, 0) is 34.0 Å². The van der Waals surface area contributed by atoms with E-state index in [1.807, 2.05) is 13.0 Å². The largest absolute Gasteiger partial charge is 0.463 e. The molecule has 0 spiro atoms. The fourth-order valence-electron chi connectivity index (χ4n) is 4.62. The minimum atomic E-state index is -1.31. The molecule has 1 aliphatic carbocycles. The Morgan fingerprint density at radius 1 is 1.34 bits per heavy atom. The highest BCUT2D eigenvalue weighted by Gasteiger charge is 2.48. The molecule has 1 aromatic carbocycles. The molecular formula is C25H24ClN3O6. The third-order valence-electron chi connectivity index (χ3n) is 6.80. The van der Waals surface area contributed by atoms with E-state index in [1.54, 1.807) is 12.1 Å². The number of aliphatic hydroxyl groups is 2. The number of pyridine rings is 2. The third-order valence-corrected chi connectivity index (χ3v) is 7.20. The minimum absolute atomic E-state index is 0.136. The second-order valence-corrected chi connectivity index (χ2v) is 9.60. The normalized spacial score (nSPS) is 15.9. The molecule has 35 heavy (non-hydrogen) atoms. The second-order valence-electron chi connectivity index (χ2n) is 9.19. The summed E-state index contributed by atoms with van der Waals surface area (Å²) in [6, 6.07) is 5.33. The van der Waals surface area contributed by atoms with Crippen LogP contribution >= 0.6 is 11.6 Å². The monoisotopic (exact) mass is 497 g/mol. The average molecular weight is 498 g/mol. The molecule has 1 amide bonds. The summed E-state index contributed by atoms with van der Waals surface area (Å²) < 4.78 is 6.37. The number of rotatable bonds is 7. The Labute approximate surface area is 205 Å². The quantitative estimate of drug-likeness (QED) is 0.334. The first kappa shape index (κ1) is 23.5. The topological polar surface area (TPSA) is 131 Å². The Hall–Kier alpha value is -3.27. The molecule has 5 rings (SSSR count). The molecule has 10 heteroatoms. The zero-order valence-electron chi connectivity index (χ0n) is 19.2. The van der Waals surface area contributed by atoms with Gasteiger partial charge in [-0.3, -0.25) is 14.4 Å². The standard InChI is InChI=1S/C25H24ClN3O6/c1-12-5-15-16(8-27-24(33)25(34)3-4-25)17-9-29-21(22(17)28-20(15)7-19(12)26)6-14(13(2)31)18(23(29)32)10-35-11-30/h5-7,11,13,31,34H,3-4,8-10H2,1-2H3,(H,27,33). The van der Waals surface area contributed by atoms with Gasteiger partial charge in [0.15, 0.2) is 0 Å². The first-order valence-electron chi connectivity index (χ1n) is 11.3. The molecule has 1 unspecified atom stereocenters. The van der Waals surface area contributed by atoms with Crippen molar-refractivity contribution in [2.75, 3.05) is 0 Å². The first-order valence-corrected chi connectivity index (χ1v) is 11.6. The number of fused-ring (bicyclic) bond motifs is 4. The molecule has 3 heterocycles. The van der Waals surface area contributed by atoms with Crippen molar-refractivity contribution in [2.45, 2.75) is 58.1 Å². The number of hydrogen-bond donors (Lipinski definition) is 3. The van der Waals surface area contributed by atoms with Crippen LogP contribution in [0.15, 0.2) is 23.0 Å². The molecule has 1 atom stereocenters. The summed E-state index contributed by atoms with van der Waals surface area (Å²) in [6.07, 6.45) is -0.118. The molecule has 3 N–H and O–H groups in total. The second kappa shape index (κ2) is 8.44. The Morgan fingerprint density at radius 3 is 2.74 bits per heavy atom. The number of hydrogen-bond acceptors (Lipinski definition) is 7. The molecular weight excluding hydrogens is 474 g/mol. The molecule has 1 fully saturated rings. The smallest absolute Gasteiger partial charge is 0.293 e. The fraction of sp³-hybridized carbons (Fsp3) is 0.360. The van der Waals surface area contributed by atoms with E-state index in [-0.39, 0.29) is 31.7 Å². The fourth-order valence-corrected chi connectivity index (χ4v) is 4.77. The summed E-state index contributed by atoms with van der Waals surface area (Å²) in [4.78, 5) is 41.4. The highest BCUT2D eigenvalue weighted by Crippen LogP contribution is 2.39. The molecule has 1 saturated carbocycles. The van der Waals surface area contributed by atoms with Gasteiger partial charge < -0.3 is 24.8 Å². The van der Waals surface area contributed by atoms with Gasteiger partial charge in [-0.25, -0.2) is 4.98 Å². The van der Waals surface area contributed by atoms with Crippen molar-refractivity contribution in [1.82, 2.24) is 14.9 Å². The zero-order valence-corrected chi connectivity index (χ0v) is 20.0. The molecule has 9 nitrogen and oxygen atoms in total. The predicted molar refractivity (Wildman–Crippen MR) is 128 cm³/mol. The van der Waals surface area contributed by atoms with Crippen molar-refractivity contribution in [2.24, 2.45) is 0 Å². The molecule has 0 radical (unpaired) electrons. The van der Waals surface area contributed by atoms with Crippen LogP contribution < -0.4 is 10.9 Å². The summed E-state index contributed by atoms with van der Waals surface area (Å²) in [5.74, 6) is -0.431. The molecule has 1 aliphatic heterocycles. The number of aromatic nitrogens is 2. The first-order chi connectivity index (χ1) is 16.6. The van der Waals surface area contributed by atoms with E-state index in [1.165, 1.54) is 11.5 Å². The highest BCUT2D eigenvalue weighted by molar-refractivity contribution is 6.32. The van der Waals surface area contributed by atoms with E-state index < -0.39 is 23.2 Å². The maximum Gasteiger partial charge on any atom is 0.293 e. The lowest BCUT2D eigenvalue weighted by atomic mass is 9.98. The van der Waals surface area contributed by atoms with E-state index in [4.69, 9.17) is 21.3 Å². The number of carbonyl (C=O) groups excluding carboxylic acids is 2. The number of carbonyl (C=O) groups is 2. The van der Waals surface area contributed by atoms with Gasteiger partial charge in [-0.05, 0) is 61.6 Å². The van der Waals surface area contributed by atoms with Gasteiger partial charge in [0.2, 0.25) is 0 Å². The number of aliphatic hydroxyl groups excluding tert-OH is 1. The van der Waals surface area contributed by atoms with Crippen LogP contribution in [0.25, 0.3) is 22.3 Å². The van der Waals surface area contributed by atoms with Gasteiger partial charge in [0.25, 0.3) is 17.9 Å². The van der Waals surface area contributed by atoms with Crippen LogP contribution in [0.1, 0.15) is 53.7 Å². The minimum Gasteiger partial charge on any atom is -0.463 e. The number of aryl methyl sites for hydroxylation is 1. The van der Waals surface area contributed by atoms with Crippen molar-refractivity contribution in [3.63, 3.8) is 0 Å². The Balaban J connectivity index is 1.69. The Bertz CT molecular complexity index is 1460. The van der Waals surface area contributed by atoms with Crippen molar-refractivity contribution in [3.8, 4) is 11.4 Å². The van der Waals surface area contributed by atoms with E-state index >= 15 is 0 Å². The van der Waals surface area contributed by atoms with Crippen molar-refractivity contribution in [3.05, 3.63) is 61.4 Å². The van der Waals surface area contributed by atoms with Gasteiger partial charge >= 0.3 is 0 Å². The summed E-state index contributed by atoms with van der Waals surface area (Å²) in [7, 11) is 0. The average Bonchev–Trinajstić information content (AvgIpc) is 3.47. The van der Waals surface area contributed by atoms with Crippen LogP contribution in [0.2, 0.25) is 5.02 Å². The molecule has 0 bridgehead atoms. The summed E-state index contributed by atoms with van der Waals surface area (Å²) in [5, 5.41) is 24.7. The summed E-state index contributed by atoms with van der Waals surface area (Å²) >= 11 is 6.37. The van der Waals surface area contributed by atoms with Crippen LogP contribution in [0.4, 0.5) is 0 Å². The van der Waals surface area contributed by atoms with Gasteiger partial charge in [-0.2, -0.15) is 0 Å². The van der Waals surface area contributed by atoms with Gasteiger partial charge in [0.1, 0.15) is 12.2 Å². The van der Waals surface area contributed by atoms with E-state index in [0.29, 0.717) is 40.3 Å². The van der Waals surface area contributed by atoms with Crippen molar-refractivity contribution >= 4 is 34.9 Å². The van der Waals surface area contributed by atoms with E-state index in [0.717, 1.165) is 22.1 Å². The summed E-state index contributed by atoms with van der Waals surface area (Å²) in [6.45, 7) is 3.73. The van der Waals surface area contributed by atoms with Crippen LogP contribution in [-0.4, -0.2) is 37.7 Å². The summed E-state index contributed by atoms with van der Waals surface area (Å²) in [5.41, 5.74) is 2.87. The van der Waals surface area contributed by atoms with Gasteiger partial charge in [-0.1, -0.05) is 11.6 Å². The Kier molecular flexibility index (Phi) is 5.66. The third kappa shape index (κ3) is 3.89. The maximum absolute atomic E-state index is 13.4. The number of benzene rings is 1. The Morgan fingerprint density at radius 2 is 2.09 bits per heavy atom. The molecule has 2 aliphatic rings. The maximum atomic E-state index is 13.4. The van der Waals surface area contributed by atoms with Crippen LogP contribution in [0.5, 0.6) is 0 Å². The highest BCUT2D eigenvalue weighted by atomic mass is 35.5. The number of ether oxygens (including phenoxy) is 1. The van der Waals surface area contributed by atoms with E-state index in [9.17, 15) is 24.6 Å². The van der Waals surface area contributed by atoms with E-state index in [2.05, 4.69) is 5.32 Å². The number of amides is 1. The van der Waals surface area contributed by atoms with Gasteiger partial charge in [0, 0.05) is 22.5 Å². The SMILES string of the molecule is Cc1cc2c(CNC(=O)C3(O)CC3)c3c(nc2cc1Cl)-c1cc(C(C)O)c(COC=O)c(=O)n1C3.